The second-order valence-electron chi connectivity index (χ2n) is 8.56. The normalized spacial score (nSPS) is 18.0. The molecule has 1 aliphatic heterocycles. The summed E-state index contributed by atoms with van der Waals surface area (Å²) < 4.78 is 2.39. The van der Waals surface area contributed by atoms with Crippen LogP contribution >= 0.6 is 35.7 Å². The van der Waals surface area contributed by atoms with Gasteiger partial charge >= 0.3 is 0 Å². The number of hydrogen-bond acceptors (Lipinski definition) is 5. The fraction of sp³-hybridized carbons (Fsp3) is 0.818. The van der Waals surface area contributed by atoms with Crippen LogP contribution in [0.4, 0.5) is 0 Å². The fourth-order valence-electron chi connectivity index (χ4n) is 4.71. The number of amides is 1. The van der Waals surface area contributed by atoms with Crippen LogP contribution in [0, 0.1) is 5.92 Å². The molecule has 1 saturated carbocycles. The van der Waals surface area contributed by atoms with Gasteiger partial charge in [-0.05, 0) is 51.2 Å². The number of aromatic nitrogens is 3. The van der Waals surface area contributed by atoms with E-state index >= 15 is 0 Å². The lowest BCUT2D eigenvalue weighted by Gasteiger charge is -2.34. The maximum absolute atomic E-state index is 11.6. The van der Waals surface area contributed by atoms with Gasteiger partial charge in [0, 0.05) is 52.1 Å². The Balaban J connectivity index is 0.00000363. The Morgan fingerprint density at radius 3 is 2.53 bits per heavy atom. The molecule has 1 amide bonds. The Bertz CT molecular complexity index is 728. The lowest BCUT2D eigenvalue weighted by Crippen LogP contribution is -2.46. The number of aliphatic imine (C=N–C) groups is 1. The van der Waals surface area contributed by atoms with Gasteiger partial charge < -0.3 is 20.1 Å². The van der Waals surface area contributed by atoms with E-state index in [-0.39, 0.29) is 29.9 Å². The van der Waals surface area contributed by atoms with Gasteiger partial charge in [-0.2, -0.15) is 0 Å². The summed E-state index contributed by atoms with van der Waals surface area (Å²) in [5, 5.41) is 16.2. The van der Waals surface area contributed by atoms with E-state index in [0.717, 1.165) is 68.8 Å². The van der Waals surface area contributed by atoms with Crippen molar-refractivity contribution in [2.75, 3.05) is 39.5 Å². The number of carbonyl (C=O) groups excluding carboxylic acids is 1. The largest absolute Gasteiger partial charge is 0.359 e. The van der Waals surface area contributed by atoms with Crippen LogP contribution in [-0.2, 0) is 11.2 Å². The molecule has 0 radical (unpaired) electrons. The summed E-state index contributed by atoms with van der Waals surface area (Å²) >= 11 is 1.70. The number of thioether (sulfide) groups is 1. The van der Waals surface area contributed by atoms with Gasteiger partial charge in [0.2, 0.25) is 5.91 Å². The van der Waals surface area contributed by atoms with Gasteiger partial charge in [0.25, 0.3) is 0 Å². The predicted molar refractivity (Wildman–Crippen MR) is 142 cm³/mol. The molecule has 182 valence electrons. The van der Waals surface area contributed by atoms with E-state index in [1.165, 1.54) is 25.7 Å². The summed E-state index contributed by atoms with van der Waals surface area (Å²) in [5.41, 5.74) is 0. The van der Waals surface area contributed by atoms with E-state index in [0.29, 0.717) is 18.4 Å². The van der Waals surface area contributed by atoms with E-state index in [1.54, 1.807) is 18.8 Å². The molecule has 1 aromatic heterocycles. The Labute approximate surface area is 214 Å². The molecule has 0 aromatic carbocycles. The number of piperidine rings is 1. The number of rotatable bonds is 9. The van der Waals surface area contributed by atoms with Gasteiger partial charge in [0.15, 0.2) is 11.1 Å². The summed E-state index contributed by atoms with van der Waals surface area (Å²) in [7, 11) is 1.71. The first-order valence-electron chi connectivity index (χ1n) is 11.9. The number of hydrogen-bond donors (Lipinski definition) is 2. The second-order valence-corrected chi connectivity index (χ2v) is 9.33. The Kier molecular flexibility index (Phi) is 12.1. The number of guanidine groups is 1. The van der Waals surface area contributed by atoms with Crippen LogP contribution in [0.25, 0.3) is 0 Å². The zero-order valence-corrected chi connectivity index (χ0v) is 23.0. The third-order valence-corrected chi connectivity index (χ3v) is 7.07. The molecule has 0 unspecified atom stereocenters. The summed E-state index contributed by atoms with van der Waals surface area (Å²) in [4.78, 5) is 18.9. The minimum absolute atomic E-state index is 0. The molecule has 2 fully saturated rings. The molecular weight excluding hydrogens is 537 g/mol. The minimum atomic E-state index is 0. The molecule has 10 heteroatoms. The maximum atomic E-state index is 11.6. The zero-order chi connectivity index (χ0) is 22.1. The minimum Gasteiger partial charge on any atom is -0.359 e. The fourth-order valence-corrected chi connectivity index (χ4v) is 5.28. The summed E-state index contributed by atoms with van der Waals surface area (Å²) in [6.45, 7) is 5.68. The van der Waals surface area contributed by atoms with E-state index in [9.17, 15) is 4.79 Å². The quantitative estimate of drug-likeness (QED) is 0.154. The van der Waals surface area contributed by atoms with Gasteiger partial charge in [0.1, 0.15) is 5.82 Å². The second kappa shape index (κ2) is 14.3. The van der Waals surface area contributed by atoms with Crippen molar-refractivity contribution in [2.24, 2.45) is 10.9 Å². The monoisotopic (exact) mass is 577 g/mol. The van der Waals surface area contributed by atoms with Crippen LogP contribution in [0.2, 0.25) is 0 Å². The van der Waals surface area contributed by atoms with Crippen molar-refractivity contribution in [2.45, 2.75) is 75.9 Å². The predicted octanol–water partition coefficient (Wildman–Crippen LogP) is 3.48. The smallest absolute Gasteiger partial charge is 0.220 e. The molecule has 3 rings (SSSR count). The van der Waals surface area contributed by atoms with Gasteiger partial charge in [-0.25, -0.2) is 0 Å². The third-order valence-electron chi connectivity index (χ3n) is 6.43. The molecule has 1 aliphatic carbocycles. The molecule has 1 aromatic rings. The van der Waals surface area contributed by atoms with Crippen LogP contribution < -0.4 is 10.6 Å². The molecule has 1 saturated heterocycles. The molecule has 2 aliphatic rings. The van der Waals surface area contributed by atoms with Crippen molar-refractivity contribution < 1.29 is 4.79 Å². The molecule has 32 heavy (non-hydrogen) atoms. The molecule has 8 nitrogen and oxygen atoms in total. The van der Waals surface area contributed by atoms with Crippen LogP contribution in [-0.4, -0.2) is 71.0 Å². The molecular formula is C22H40IN7OS. The Hall–Kier alpha value is -1.04. The van der Waals surface area contributed by atoms with Crippen LogP contribution in [0.1, 0.15) is 70.2 Å². The standard InChI is InChI=1S/C22H39N7OS.HI/c1-4-24-21(28-14-11-17(12-15-28)16-20(30)23-2)25-13-7-10-19-26-27-22(31-3)29(19)18-8-5-6-9-18;/h17-18H,4-16H2,1-3H3,(H,23,30)(H,24,25);1H. The van der Waals surface area contributed by atoms with E-state index in [2.05, 4.69) is 43.5 Å². The van der Waals surface area contributed by atoms with E-state index < -0.39 is 0 Å². The van der Waals surface area contributed by atoms with Crippen LogP contribution in [0.3, 0.4) is 0 Å². The zero-order valence-electron chi connectivity index (χ0n) is 19.8. The number of halogens is 1. The van der Waals surface area contributed by atoms with Crippen LogP contribution in [0.5, 0.6) is 0 Å². The number of likely N-dealkylation sites (tertiary alicyclic amines) is 1. The van der Waals surface area contributed by atoms with Crippen molar-refractivity contribution >= 4 is 47.6 Å². The lowest BCUT2D eigenvalue weighted by molar-refractivity contribution is -0.121. The molecule has 2 heterocycles. The van der Waals surface area contributed by atoms with Crippen molar-refractivity contribution in [3.05, 3.63) is 5.82 Å². The van der Waals surface area contributed by atoms with E-state index in [1.807, 2.05) is 0 Å². The SMILES string of the molecule is CCNC(=NCCCc1nnc(SC)n1C1CCCC1)N1CCC(CC(=O)NC)CC1.I. The number of nitrogens with zero attached hydrogens (tertiary/aromatic N) is 5. The van der Waals surface area contributed by atoms with Gasteiger partial charge in [-0.15, -0.1) is 34.2 Å². The Morgan fingerprint density at radius 1 is 1.19 bits per heavy atom. The highest BCUT2D eigenvalue weighted by Crippen LogP contribution is 2.33. The van der Waals surface area contributed by atoms with E-state index in [4.69, 9.17) is 4.99 Å². The lowest BCUT2D eigenvalue weighted by atomic mass is 9.93. The number of aryl methyl sites for hydroxylation is 1. The Morgan fingerprint density at radius 2 is 1.91 bits per heavy atom. The first-order valence-corrected chi connectivity index (χ1v) is 13.1. The highest BCUT2D eigenvalue weighted by molar-refractivity contribution is 14.0. The third kappa shape index (κ3) is 7.50. The first kappa shape index (κ1) is 27.2. The molecule has 0 atom stereocenters. The maximum Gasteiger partial charge on any atom is 0.220 e. The average Bonchev–Trinajstić information content (AvgIpc) is 3.45. The average molecular weight is 578 g/mol. The van der Waals surface area contributed by atoms with Crippen molar-refractivity contribution in [1.29, 1.82) is 0 Å². The van der Waals surface area contributed by atoms with Gasteiger partial charge in [-0.3, -0.25) is 9.79 Å². The highest BCUT2D eigenvalue weighted by atomic mass is 127. The van der Waals surface area contributed by atoms with Crippen LogP contribution in [0.15, 0.2) is 10.1 Å². The van der Waals surface area contributed by atoms with Crippen molar-refractivity contribution in [3.8, 4) is 0 Å². The molecule has 0 bridgehead atoms. The first-order chi connectivity index (χ1) is 15.2. The van der Waals surface area contributed by atoms with Gasteiger partial charge in [-0.1, -0.05) is 24.6 Å². The number of nitrogens with one attached hydrogen (secondary N) is 2. The summed E-state index contributed by atoms with van der Waals surface area (Å²) in [6, 6.07) is 0.573. The molecule has 0 spiro atoms. The van der Waals surface area contributed by atoms with Crippen molar-refractivity contribution in [3.63, 3.8) is 0 Å². The van der Waals surface area contributed by atoms with Crippen molar-refractivity contribution in [1.82, 2.24) is 30.3 Å². The number of carbonyl (C=O) groups is 1. The van der Waals surface area contributed by atoms with Gasteiger partial charge in [0.05, 0.1) is 0 Å². The molecule has 2 N–H and O–H groups in total. The summed E-state index contributed by atoms with van der Waals surface area (Å²) in [5.74, 6) is 2.75. The topological polar surface area (TPSA) is 87.4 Å². The highest BCUT2D eigenvalue weighted by Gasteiger charge is 2.24. The summed E-state index contributed by atoms with van der Waals surface area (Å²) in [6.07, 6.45) is 11.8.